The lowest BCUT2D eigenvalue weighted by molar-refractivity contribution is -0.119. The Kier molecular flexibility index (Phi) is 5.32. The number of alkyl halides is 1. The third-order valence-corrected chi connectivity index (χ3v) is 2.66. The quantitative estimate of drug-likeness (QED) is 0.587. The van der Waals surface area contributed by atoms with Crippen LogP contribution in [0.3, 0.4) is 0 Å². The number of carbonyl (C=O) groups excluding carboxylic acids is 2. The van der Waals surface area contributed by atoms with Crippen LogP contribution in [0.15, 0.2) is 11.6 Å². The first-order chi connectivity index (χ1) is 7.59. The Morgan fingerprint density at radius 2 is 2.31 bits per heavy atom. The van der Waals surface area contributed by atoms with Gasteiger partial charge in [-0.2, -0.15) is 0 Å². The molecule has 0 bridgehead atoms. The first kappa shape index (κ1) is 13.0. The van der Waals surface area contributed by atoms with Gasteiger partial charge in [0.05, 0.1) is 0 Å². The van der Waals surface area contributed by atoms with Crippen molar-refractivity contribution in [1.29, 1.82) is 0 Å². The highest BCUT2D eigenvalue weighted by Crippen LogP contribution is 2.19. The van der Waals surface area contributed by atoms with Crippen molar-refractivity contribution in [3.8, 4) is 0 Å². The first-order valence-electron chi connectivity index (χ1n) is 5.50. The van der Waals surface area contributed by atoms with E-state index in [0.717, 1.165) is 19.3 Å². The zero-order valence-electron chi connectivity index (χ0n) is 9.38. The van der Waals surface area contributed by atoms with Crippen LogP contribution in [-0.4, -0.2) is 23.9 Å². The van der Waals surface area contributed by atoms with E-state index < -0.39 is 17.3 Å². The zero-order chi connectivity index (χ0) is 12.0. The highest BCUT2D eigenvalue weighted by molar-refractivity contribution is 6.31. The third-order valence-electron chi connectivity index (χ3n) is 2.46. The van der Waals surface area contributed by atoms with Crippen LogP contribution < -0.4 is 10.6 Å². The molecule has 0 aromatic heterocycles. The number of carbonyl (C=O) groups is 2. The summed E-state index contributed by atoms with van der Waals surface area (Å²) in [4.78, 5) is 22.3. The van der Waals surface area contributed by atoms with Crippen LogP contribution in [0.2, 0.25) is 0 Å². The van der Waals surface area contributed by atoms with Gasteiger partial charge in [0, 0.05) is 6.54 Å². The monoisotopic (exact) mass is 244 g/mol. The summed E-state index contributed by atoms with van der Waals surface area (Å²) in [5.41, 5.74) is 1.39. The number of allylic oxidation sites excluding steroid dienone is 1. The van der Waals surface area contributed by atoms with E-state index in [-0.39, 0.29) is 0 Å². The molecule has 1 unspecified atom stereocenters. The molecule has 1 atom stereocenters. The minimum atomic E-state index is -0.691. The van der Waals surface area contributed by atoms with Crippen molar-refractivity contribution >= 4 is 23.5 Å². The molecule has 0 saturated carbocycles. The number of urea groups is 1. The predicted molar refractivity (Wildman–Crippen MR) is 63.4 cm³/mol. The molecular weight excluding hydrogens is 228 g/mol. The molecular formula is C11H17ClN2O2. The summed E-state index contributed by atoms with van der Waals surface area (Å²) in [5, 5.41) is 4.10. The summed E-state index contributed by atoms with van der Waals surface area (Å²) in [6, 6.07) is -0.476. The first-order valence-corrected chi connectivity index (χ1v) is 5.94. The van der Waals surface area contributed by atoms with Crippen molar-refractivity contribution in [2.45, 2.75) is 38.0 Å². The van der Waals surface area contributed by atoms with Gasteiger partial charge in [0.15, 0.2) is 0 Å². The van der Waals surface area contributed by atoms with Gasteiger partial charge >= 0.3 is 6.03 Å². The maximum Gasteiger partial charge on any atom is 0.321 e. The van der Waals surface area contributed by atoms with Gasteiger partial charge in [-0.3, -0.25) is 10.1 Å². The van der Waals surface area contributed by atoms with E-state index in [1.54, 1.807) is 0 Å². The molecule has 1 rings (SSSR count). The molecule has 1 aliphatic carbocycles. The van der Waals surface area contributed by atoms with Gasteiger partial charge in [0.1, 0.15) is 5.38 Å². The molecule has 0 aromatic carbocycles. The number of rotatable bonds is 4. The fourth-order valence-electron chi connectivity index (χ4n) is 1.56. The molecule has 0 saturated heterocycles. The fourth-order valence-corrected chi connectivity index (χ4v) is 1.61. The summed E-state index contributed by atoms with van der Waals surface area (Å²) >= 11 is 5.51. The molecule has 4 nitrogen and oxygen atoms in total. The number of hydrogen-bond donors (Lipinski definition) is 2. The van der Waals surface area contributed by atoms with Gasteiger partial charge in [-0.05, 0) is 32.6 Å². The second kappa shape index (κ2) is 6.53. The maximum atomic E-state index is 11.2. The molecule has 2 N–H and O–H groups in total. The van der Waals surface area contributed by atoms with Gasteiger partial charge in [-0.15, -0.1) is 11.6 Å². The Hall–Kier alpha value is -1.03. The molecule has 3 amide bonds. The summed E-state index contributed by atoms with van der Waals surface area (Å²) < 4.78 is 0. The number of halogens is 1. The van der Waals surface area contributed by atoms with Crippen molar-refractivity contribution in [2.75, 3.05) is 6.54 Å². The van der Waals surface area contributed by atoms with E-state index in [1.807, 2.05) is 0 Å². The molecule has 0 aliphatic heterocycles. The van der Waals surface area contributed by atoms with E-state index in [4.69, 9.17) is 11.6 Å². The SMILES string of the molecule is CC(Cl)C(=O)NC(=O)NCCC1=CCCC1. The number of nitrogens with one attached hydrogen (secondary N) is 2. The molecule has 16 heavy (non-hydrogen) atoms. The van der Waals surface area contributed by atoms with Crippen molar-refractivity contribution in [2.24, 2.45) is 0 Å². The van der Waals surface area contributed by atoms with Gasteiger partial charge < -0.3 is 5.32 Å². The lowest BCUT2D eigenvalue weighted by Crippen LogP contribution is -2.42. The van der Waals surface area contributed by atoms with Crippen molar-refractivity contribution in [1.82, 2.24) is 10.6 Å². The van der Waals surface area contributed by atoms with E-state index in [9.17, 15) is 9.59 Å². The minimum absolute atomic E-state index is 0.473. The van der Waals surface area contributed by atoms with Crippen LogP contribution in [0.1, 0.15) is 32.6 Å². The van der Waals surface area contributed by atoms with E-state index in [1.165, 1.54) is 18.9 Å². The van der Waals surface area contributed by atoms with Gasteiger partial charge in [0.2, 0.25) is 5.91 Å². The molecule has 1 aliphatic rings. The van der Waals surface area contributed by atoms with Gasteiger partial charge in [-0.1, -0.05) is 11.6 Å². The smallest absolute Gasteiger partial charge is 0.321 e. The van der Waals surface area contributed by atoms with Crippen LogP contribution in [0.25, 0.3) is 0 Å². The Morgan fingerprint density at radius 3 is 2.88 bits per heavy atom. The highest BCUT2D eigenvalue weighted by Gasteiger charge is 2.12. The second-order valence-corrected chi connectivity index (χ2v) is 4.52. The predicted octanol–water partition coefficient (Wildman–Crippen LogP) is 1.94. The van der Waals surface area contributed by atoms with Crippen LogP contribution in [0.5, 0.6) is 0 Å². The van der Waals surface area contributed by atoms with Crippen LogP contribution in [0.4, 0.5) is 4.79 Å². The van der Waals surface area contributed by atoms with Crippen LogP contribution in [-0.2, 0) is 4.79 Å². The zero-order valence-corrected chi connectivity index (χ0v) is 10.1. The van der Waals surface area contributed by atoms with Crippen molar-refractivity contribution in [3.05, 3.63) is 11.6 Å². The Labute approximate surface area is 100 Å². The second-order valence-electron chi connectivity index (χ2n) is 3.87. The number of hydrogen-bond acceptors (Lipinski definition) is 2. The lowest BCUT2D eigenvalue weighted by atomic mass is 10.2. The number of amides is 3. The van der Waals surface area contributed by atoms with E-state index >= 15 is 0 Å². The Balaban J connectivity index is 2.12. The lowest BCUT2D eigenvalue weighted by Gasteiger charge is -2.07. The fraction of sp³-hybridized carbons (Fsp3) is 0.636. The summed E-state index contributed by atoms with van der Waals surface area (Å²) in [5.74, 6) is -0.473. The molecule has 0 heterocycles. The molecule has 90 valence electrons. The van der Waals surface area contributed by atoms with Gasteiger partial charge in [-0.25, -0.2) is 4.79 Å². The van der Waals surface area contributed by atoms with Crippen molar-refractivity contribution in [3.63, 3.8) is 0 Å². The van der Waals surface area contributed by atoms with Crippen molar-refractivity contribution < 1.29 is 9.59 Å². The molecule has 0 radical (unpaired) electrons. The average Bonchev–Trinajstić information content (AvgIpc) is 2.70. The Morgan fingerprint density at radius 1 is 1.56 bits per heavy atom. The third kappa shape index (κ3) is 4.66. The van der Waals surface area contributed by atoms with Crippen LogP contribution >= 0.6 is 11.6 Å². The summed E-state index contributed by atoms with van der Waals surface area (Å²) in [6.45, 7) is 2.08. The van der Waals surface area contributed by atoms with Crippen LogP contribution in [0, 0.1) is 0 Å². The summed E-state index contributed by atoms with van der Waals surface area (Å²) in [6.07, 6.45) is 6.55. The molecule has 0 spiro atoms. The largest absolute Gasteiger partial charge is 0.337 e. The molecule has 0 aromatic rings. The topological polar surface area (TPSA) is 58.2 Å². The Bertz CT molecular complexity index is 300. The summed E-state index contributed by atoms with van der Waals surface area (Å²) in [7, 11) is 0. The molecule has 5 heteroatoms. The van der Waals surface area contributed by atoms with E-state index in [2.05, 4.69) is 16.7 Å². The minimum Gasteiger partial charge on any atom is -0.337 e. The van der Waals surface area contributed by atoms with E-state index in [0.29, 0.717) is 6.54 Å². The van der Waals surface area contributed by atoms with Gasteiger partial charge in [0.25, 0.3) is 0 Å². The number of imide groups is 1. The highest BCUT2D eigenvalue weighted by atomic mass is 35.5. The standard InChI is InChI=1S/C11H17ClN2O2/c1-8(12)10(15)14-11(16)13-7-6-9-4-2-3-5-9/h4,8H,2-3,5-7H2,1H3,(H2,13,14,15,16). The average molecular weight is 245 g/mol. The maximum absolute atomic E-state index is 11.2. The molecule has 0 fully saturated rings. The normalized spacial score (nSPS) is 16.5.